The Bertz CT molecular complexity index is 556. The summed E-state index contributed by atoms with van der Waals surface area (Å²) in [5, 5.41) is 8.80. The van der Waals surface area contributed by atoms with Gasteiger partial charge in [0.05, 0.1) is 17.8 Å². The minimum Gasteiger partial charge on any atom is -0.478 e. The molecule has 1 aromatic heterocycles. The van der Waals surface area contributed by atoms with Crippen molar-refractivity contribution < 1.29 is 19.5 Å². The molecule has 2 amide bonds. The van der Waals surface area contributed by atoms with E-state index in [2.05, 4.69) is 4.98 Å². The van der Waals surface area contributed by atoms with Gasteiger partial charge in [0.2, 0.25) is 0 Å². The number of hydrogen-bond donors (Lipinski definition) is 1. The molecule has 1 fully saturated rings. The number of aromatic nitrogens is 1. The SMILES string of the molecule is CCCN1CCN(Cc2ccc(C(=O)O)cn2)C(=O)C1=O. The fraction of sp³-hybridized carbons (Fsp3) is 0.429. The number of carboxylic acid groups (broad SMARTS) is 1. The van der Waals surface area contributed by atoms with Gasteiger partial charge in [0.1, 0.15) is 0 Å². The first-order chi connectivity index (χ1) is 10.0. The highest BCUT2D eigenvalue weighted by Gasteiger charge is 2.31. The maximum absolute atomic E-state index is 12.0. The van der Waals surface area contributed by atoms with Gasteiger partial charge in [-0.3, -0.25) is 14.6 Å². The Morgan fingerprint density at radius 3 is 2.48 bits per heavy atom. The average molecular weight is 291 g/mol. The van der Waals surface area contributed by atoms with Crippen molar-refractivity contribution in [1.29, 1.82) is 0 Å². The Kier molecular flexibility index (Phi) is 4.52. The Labute approximate surface area is 122 Å². The summed E-state index contributed by atoms with van der Waals surface area (Å²) in [5.41, 5.74) is 0.652. The van der Waals surface area contributed by atoms with Crippen LogP contribution in [0.5, 0.6) is 0 Å². The standard InChI is InChI=1S/C14H17N3O4/c1-2-5-16-6-7-17(13(19)12(16)18)9-11-4-3-10(8-15-11)14(20)21/h3-4,8H,2,5-7,9H2,1H3,(H,20,21). The van der Waals surface area contributed by atoms with Crippen LogP contribution in [0.3, 0.4) is 0 Å². The zero-order valence-corrected chi connectivity index (χ0v) is 11.8. The van der Waals surface area contributed by atoms with Crippen LogP contribution in [0.4, 0.5) is 0 Å². The molecule has 0 saturated carbocycles. The molecule has 1 N–H and O–H groups in total. The average Bonchev–Trinajstić information content (AvgIpc) is 2.47. The fourth-order valence-electron chi connectivity index (χ4n) is 2.19. The normalized spacial score (nSPS) is 15.5. The van der Waals surface area contributed by atoms with Gasteiger partial charge in [-0.05, 0) is 18.6 Å². The molecule has 1 aromatic rings. The predicted octanol–water partition coefficient (Wildman–Crippen LogP) is 0.361. The first-order valence-electron chi connectivity index (χ1n) is 6.79. The van der Waals surface area contributed by atoms with Crippen LogP contribution < -0.4 is 0 Å². The zero-order valence-electron chi connectivity index (χ0n) is 11.8. The van der Waals surface area contributed by atoms with Crippen molar-refractivity contribution in [3.8, 4) is 0 Å². The van der Waals surface area contributed by atoms with Crippen LogP contribution >= 0.6 is 0 Å². The molecule has 0 unspecified atom stereocenters. The lowest BCUT2D eigenvalue weighted by Gasteiger charge is -2.33. The monoisotopic (exact) mass is 291 g/mol. The number of aromatic carboxylic acids is 1. The Morgan fingerprint density at radius 2 is 1.90 bits per heavy atom. The molecule has 0 atom stereocenters. The van der Waals surface area contributed by atoms with E-state index in [4.69, 9.17) is 5.11 Å². The lowest BCUT2D eigenvalue weighted by molar-refractivity contribution is -0.156. The van der Waals surface area contributed by atoms with Gasteiger partial charge in [-0.2, -0.15) is 0 Å². The van der Waals surface area contributed by atoms with E-state index >= 15 is 0 Å². The van der Waals surface area contributed by atoms with Gasteiger partial charge >= 0.3 is 17.8 Å². The van der Waals surface area contributed by atoms with Crippen LogP contribution in [0.1, 0.15) is 29.4 Å². The summed E-state index contributed by atoms with van der Waals surface area (Å²) in [6, 6.07) is 2.99. The minimum absolute atomic E-state index is 0.0916. The third-order valence-electron chi connectivity index (χ3n) is 3.32. The van der Waals surface area contributed by atoms with Crippen molar-refractivity contribution in [2.75, 3.05) is 19.6 Å². The highest BCUT2D eigenvalue weighted by molar-refractivity contribution is 6.35. The minimum atomic E-state index is -1.05. The smallest absolute Gasteiger partial charge is 0.337 e. The van der Waals surface area contributed by atoms with Crippen LogP contribution in [-0.2, 0) is 16.1 Å². The number of pyridine rings is 1. The van der Waals surface area contributed by atoms with E-state index in [-0.39, 0.29) is 12.1 Å². The van der Waals surface area contributed by atoms with Gasteiger partial charge in [0.25, 0.3) is 0 Å². The summed E-state index contributed by atoms with van der Waals surface area (Å²) in [7, 11) is 0. The quantitative estimate of drug-likeness (QED) is 0.791. The predicted molar refractivity (Wildman–Crippen MR) is 73.5 cm³/mol. The van der Waals surface area contributed by atoms with Gasteiger partial charge in [-0.1, -0.05) is 6.92 Å². The summed E-state index contributed by atoms with van der Waals surface area (Å²) in [4.78, 5) is 41.6. The number of hydrogen-bond acceptors (Lipinski definition) is 4. The number of carbonyl (C=O) groups excluding carboxylic acids is 2. The Morgan fingerprint density at radius 1 is 1.24 bits per heavy atom. The van der Waals surface area contributed by atoms with E-state index in [9.17, 15) is 14.4 Å². The second-order valence-electron chi connectivity index (χ2n) is 4.86. The molecule has 0 bridgehead atoms. The second kappa shape index (κ2) is 6.34. The molecular weight excluding hydrogens is 274 g/mol. The van der Waals surface area contributed by atoms with Crippen LogP contribution in [0.2, 0.25) is 0 Å². The molecule has 0 radical (unpaired) electrons. The summed E-state index contributed by atoms with van der Waals surface area (Å²) in [6.07, 6.45) is 2.06. The van der Waals surface area contributed by atoms with Gasteiger partial charge in [0, 0.05) is 25.8 Å². The van der Waals surface area contributed by atoms with Gasteiger partial charge < -0.3 is 14.9 Å². The highest BCUT2D eigenvalue weighted by atomic mass is 16.4. The number of rotatable bonds is 5. The van der Waals surface area contributed by atoms with Crippen LogP contribution in [0.15, 0.2) is 18.3 Å². The molecular formula is C14H17N3O4. The third kappa shape index (κ3) is 3.36. The second-order valence-corrected chi connectivity index (χ2v) is 4.86. The summed E-state index contributed by atoms with van der Waals surface area (Å²) in [6.45, 7) is 3.74. The topological polar surface area (TPSA) is 90.8 Å². The zero-order chi connectivity index (χ0) is 15.4. The van der Waals surface area contributed by atoms with Crippen molar-refractivity contribution in [2.24, 2.45) is 0 Å². The molecule has 1 saturated heterocycles. The van der Waals surface area contributed by atoms with Crippen molar-refractivity contribution >= 4 is 17.8 Å². The summed E-state index contributed by atoms with van der Waals surface area (Å²) >= 11 is 0. The summed E-state index contributed by atoms with van der Waals surface area (Å²) < 4.78 is 0. The molecule has 0 spiro atoms. The molecule has 112 valence electrons. The number of amides is 2. The maximum atomic E-state index is 12.0. The van der Waals surface area contributed by atoms with Gasteiger partial charge in [0.15, 0.2) is 0 Å². The lowest BCUT2D eigenvalue weighted by Crippen LogP contribution is -2.54. The lowest BCUT2D eigenvalue weighted by atomic mass is 10.2. The van der Waals surface area contributed by atoms with Crippen molar-refractivity contribution in [3.05, 3.63) is 29.6 Å². The van der Waals surface area contributed by atoms with E-state index in [1.165, 1.54) is 17.2 Å². The first-order valence-corrected chi connectivity index (χ1v) is 6.79. The van der Waals surface area contributed by atoms with E-state index in [1.54, 1.807) is 11.0 Å². The highest BCUT2D eigenvalue weighted by Crippen LogP contribution is 2.10. The van der Waals surface area contributed by atoms with Crippen molar-refractivity contribution in [2.45, 2.75) is 19.9 Å². The number of nitrogens with zero attached hydrogens (tertiary/aromatic N) is 3. The van der Waals surface area contributed by atoms with Crippen LogP contribution in [-0.4, -0.2) is 57.3 Å². The third-order valence-corrected chi connectivity index (χ3v) is 3.32. The molecule has 1 aliphatic rings. The largest absolute Gasteiger partial charge is 0.478 e. The van der Waals surface area contributed by atoms with Crippen molar-refractivity contribution in [1.82, 2.24) is 14.8 Å². The molecule has 21 heavy (non-hydrogen) atoms. The van der Waals surface area contributed by atoms with Crippen LogP contribution in [0.25, 0.3) is 0 Å². The Balaban J connectivity index is 2.02. The molecule has 2 heterocycles. The maximum Gasteiger partial charge on any atom is 0.337 e. The summed E-state index contributed by atoms with van der Waals surface area (Å²) in [5.74, 6) is -2.06. The van der Waals surface area contributed by atoms with E-state index in [0.717, 1.165) is 6.42 Å². The fourth-order valence-corrected chi connectivity index (χ4v) is 2.19. The Hall–Kier alpha value is -2.44. The van der Waals surface area contributed by atoms with E-state index in [1.807, 2.05) is 6.92 Å². The first kappa shape index (κ1) is 15.0. The van der Waals surface area contributed by atoms with Crippen LogP contribution in [0, 0.1) is 0 Å². The number of carbonyl (C=O) groups is 3. The molecule has 0 aliphatic carbocycles. The number of carboxylic acids is 1. The molecule has 0 aromatic carbocycles. The molecule has 7 heteroatoms. The number of piperazine rings is 1. The van der Waals surface area contributed by atoms with E-state index < -0.39 is 17.8 Å². The molecule has 7 nitrogen and oxygen atoms in total. The van der Waals surface area contributed by atoms with E-state index in [0.29, 0.717) is 25.3 Å². The molecule has 2 rings (SSSR count). The molecule has 1 aliphatic heterocycles. The van der Waals surface area contributed by atoms with Gasteiger partial charge in [-0.25, -0.2) is 4.79 Å². The van der Waals surface area contributed by atoms with Gasteiger partial charge in [-0.15, -0.1) is 0 Å². The van der Waals surface area contributed by atoms with Crippen molar-refractivity contribution in [3.63, 3.8) is 0 Å².